The van der Waals surface area contributed by atoms with Gasteiger partial charge in [0.25, 0.3) is 0 Å². The van der Waals surface area contributed by atoms with Gasteiger partial charge in [0, 0.05) is 0 Å². The molecule has 5 nitrogen and oxygen atoms in total. The van der Waals surface area contributed by atoms with E-state index in [0.717, 1.165) is 27.8 Å². The molecule has 1 radical (unpaired) electrons. The summed E-state index contributed by atoms with van der Waals surface area (Å²) in [6, 6.07) is 21.2. The van der Waals surface area contributed by atoms with Crippen molar-refractivity contribution in [2.24, 2.45) is 5.73 Å². The van der Waals surface area contributed by atoms with Crippen molar-refractivity contribution >= 4 is 12.3 Å². The number of carbonyl (C=O) groups is 1. The average molecular weight is 386 g/mol. The van der Waals surface area contributed by atoms with Crippen molar-refractivity contribution in [3.8, 4) is 16.9 Å². The molecule has 2 atom stereocenters. The quantitative estimate of drug-likeness (QED) is 0.651. The van der Waals surface area contributed by atoms with Crippen LogP contribution in [0, 0.1) is 0 Å². The lowest BCUT2D eigenvalue weighted by atomic mass is 9.86. The number of aromatic hydroxyl groups is 1. The van der Waals surface area contributed by atoms with Gasteiger partial charge in [-0.25, -0.2) is 4.79 Å². The van der Waals surface area contributed by atoms with Crippen LogP contribution in [-0.2, 0) is 20.7 Å². The highest BCUT2D eigenvalue weighted by Gasteiger charge is 2.41. The van der Waals surface area contributed by atoms with Crippen LogP contribution < -0.4 is 5.73 Å². The van der Waals surface area contributed by atoms with Crippen molar-refractivity contribution in [1.29, 1.82) is 0 Å². The second-order valence-electron chi connectivity index (χ2n) is 7.15. The zero-order valence-electron chi connectivity index (χ0n) is 15.6. The van der Waals surface area contributed by atoms with Crippen molar-refractivity contribution in [1.82, 2.24) is 0 Å². The highest BCUT2D eigenvalue weighted by molar-refractivity contribution is 5.93. The number of hydrogen-bond donors (Lipinski definition) is 2. The van der Waals surface area contributed by atoms with Crippen LogP contribution in [0.25, 0.3) is 11.1 Å². The minimum absolute atomic E-state index is 0.143. The zero-order chi connectivity index (χ0) is 20.4. The predicted molar refractivity (Wildman–Crippen MR) is 109 cm³/mol. The number of phenols is 1. The van der Waals surface area contributed by atoms with Gasteiger partial charge < -0.3 is 15.6 Å². The highest BCUT2D eigenvalue weighted by Crippen LogP contribution is 2.47. The van der Waals surface area contributed by atoms with Crippen LogP contribution >= 0.6 is 0 Å². The number of ketones is 1. The molecule has 1 aliphatic rings. The summed E-state index contributed by atoms with van der Waals surface area (Å²) < 4.78 is 5.20. The molecule has 0 bridgehead atoms. The largest absolute Gasteiger partial charge is 0.508 e. The Bertz CT molecular complexity index is 999. The van der Waals surface area contributed by atoms with Gasteiger partial charge in [0.05, 0.1) is 12.0 Å². The molecule has 1 aliphatic carbocycles. The second-order valence-corrected chi connectivity index (χ2v) is 7.15. The smallest absolute Gasteiger partial charge is 0.418 e. The lowest BCUT2D eigenvalue weighted by molar-refractivity contribution is -0.128. The number of hydrogen-bond acceptors (Lipinski definition) is 5. The fourth-order valence-corrected chi connectivity index (χ4v) is 4.06. The summed E-state index contributed by atoms with van der Waals surface area (Å²) in [7, 11) is 0. The number of carbonyl (C=O) groups excluding carboxylic acids is 2. The number of phenolic OH excluding ortho intramolecular Hbond substituents is 1. The molecule has 0 heterocycles. The van der Waals surface area contributed by atoms with Crippen molar-refractivity contribution in [3.63, 3.8) is 0 Å². The number of fused-ring (bicyclic) bond motifs is 3. The normalized spacial score (nSPS) is 14.5. The third-order valence-electron chi connectivity index (χ3n) is 5.40. The molecule has 0 fully saturated rings. The summed E-state index contributed by atoms with van der Waals surface area (Å²) >= 11 is 0. The summed E-state index contributed by atoms with van der Waals surface area (Å²) in [6.07, 6.45) is -0.794. The Labute approximate surface area is 168 Å². The predicted octanol–water partition coefficient (Wildman–Crippen LogP) is 3.10. The zero-order valence-corrected chi connectivity index (χ0v) is 15.6. The summed E-state index contributed by atoms with van der Waals surface area (Å²) in [5.41, 5.74) is 10.9. The van der Waals surface area contributed by atoms with Crippen LogP contribution in [0.2, 0.25) is 0 Å². The van der Waals surface area contributed by atoms with Gasteiger partial charge in [-0.2, -0.15) is 0 Å². The van der Waals surface area contributed by atoms with E-state index in [1.807, 2.05) is 48.5 Å². The summed E-state index contributed by atoms with van der Waals surface area (Å²) in [5, 5.41) is 9.43. The Hall–Kier alpha value is -3.44. The van der Waals surface area contributed by atoms with E-state index < -0.39 is 18.1 Å². The van der Waals surface area contributed by atoms with Crippen molar-refractivity contribution in [2.45, 2.75) is 24.5 Å². The summed E-state index contributed by atoms with van der Waals surface area (Å²) in [6.45, 7) is 1.45. The van der Waals surface area contributed by atoms with Gasteiger partial charge >= 0.3 is 6.47 Å². The fourth-order valence-electron chi connectivity index (χ4n) is 4.06. The number of Topliss-reactive ketones (excluding diaryl/α,β-unsaturated/α-hetero) is 1. The van der Waals surface area contributed by atoms with Gasteiger partial charge in [-0.1, -0.05) is 60.7 Å². The van der Waals surface area contributed by atoms with Gasteiger partial charge in [0.2, 0.25) is 0 Å². The topological polar surface area (TPSA) is 89.6 Å². The molecular weight excluding hydrogens is 366 g/mol. The first-order valence-corrected chi connectivity index (χ1v) is 9.38. The van der Waals surface area contributed by atoms with Crippen LogP contribution in [0.4, 0.5) is 0 Å². The molecule has 4 rings (SSSR count). The Morgan fingerprint density at radius 3 is 2.07 bits per heavy atom. The molecule has 145 valence electrons. The third kappa shape index (κ3) is 3.52. The average Bonchev–Trinajstić information content (AvgIpc) is 3.07. The molecular formula is C24H20NO4. The molecule has 0 aliphatic heterocycles. The van der Waals surface area contributed by atoms with Crippen molar-refractivity contribution in [2.75, 3.05) is 0 Å². The van der Waals surface area contributed by atoms with Crippen LogP contribution in [-0.4, -0.2) is 29.5 Å². The molecule has 3 N–H and O–H groups in total. The van der Waals surface area contributed by atoms with Crippen molar-refractivity contribution < 1.29 is 19.4 Å². The Morgan fingerprint density at radius 1 is 0.966 bits per heavy atom. The number of ether oxygens (including phenoxy) is 1. The van der Waals surface area contributed by atoms with E-state index in [4.69, 9.17) is 10.5 Å². The van der Waals surface area contributed by atoms with Crippen LogP contribution in [0.1, 0.15) is 22.6 Å². The molecule has 0 saturated carbocycles. The first kappa shape index (κ1) is 18.9. The van der Waals surface area contributed by atoms with E-state index in [1.165, 1.54) is 6.47 Å². The van der Waals surface area contributed by atoms with E-state index in [0.29, 0.717) is 0 Å². The fraction of sp³-hybridized carbons (Fsp3) is 0.167. The van der Waals surface area contributed by atoms with E-state index in [2.05, 4.69) is 0 Å². The summed E-state index contributed by atoms with van der Waals surface area (Å²) in [5.74, 6) is -0.648. The number of nitrogens with two attached hydrogens (primary N) is 1. The van der Waals surface area contributed by atoms with Gasteiger partial charge in [0.1, 0.15) is 5.75 Å². The third-order valence-corrected chi connectivity index (χ3v) is 5.40. The van der Waals surface area contributed by atoms with Crippen LogP contribution in [0.15, 0.2) is 72.8 Å². The van der Waals surface area contributed by atoms with Crippen molar-refractivity contribution in [3.05, 3.63) is 89.5 Å². The highest BCUT2D eigenvalue weighted by atomic mass is 16.5. The maximum atomic E-state index is 13.2. The first-order chi connectivity index (χ1) is 14.1. The molecule has 0 amide bonds. The lowest BCUT2D eigenvalue weighted by Crippen LogP contribution is -2.44. The molecule has 5 heteroatoms. The minimum atomic E-state index is -1.07. The molecule has 1 unspecified atom stereocenters. The SMILES string of the molecule is N[C@@H](Cc1ccc(O)cc1)C(=O)C(O[C]=O)C1c2ccccc2-c2ccccc21. The molecule has 0 spiro atoms. The Balaban J connectivity index is 1.67. The maximum Gasteiger partial charge on any atom is 0.418 e. The molecule has 0 saturated heterocycles. The Morgan fingerprint density at radius 2 is 1.52 bits per heavy atom. The van der Waals surface area contributed by atoms with Gasteiger partial charge in [-0.3, -0.25) is 4.79 Å². The van der Waals surface area contributed by atoms with E-state index in [1.54, 1.807) is 24.3 Å². The molecule has 3 aromatic carbocycles. The monoisotopic (exact) mass is 386 g/mol. The van der Waals surface area contributed by atoms with E-state index in [9.17, 15) is 14.7 Å². The lowest BCUT2D eigenvalue weighted by Gasteiger charge is -2.25. The Kier molecular flexibility index (Phi) is 5.14. The summed E-state index contributed by atoms with van der Waals surface area (Å²) in [4.78, 5) is 24.4. The maximum absolute atomic E-state index is 13.2. The van der Waals surface area contributed by atoms with E-state index in [-0.39, 0.29) is 18.0 Å². The molecule has 3 aromatic rings. The molecule has 29 heavy (non-hydrogen) atoms. The van der Waals surface area contributed by atoms with Crippen LogP contribution in [0.5, 0.6) is 5.75 Å². The second kappa shape index (κ2) is 7.89. The van der Waals surface area contributed by atoms with Gasteiger partial charge in [-0.05, 0) is 46.4 Å². The minimum Gasteiger partial charge on any atom is -0.508 e. The van der Waals surface area contributed by atoms with Gasteiger partial charge in [-0.15, -0.1) is 0 Å². The molecule has 0 aromatic heterocycles. The standard InChI is InChI=1S/C24H20NO4/c25-21(13-15-9-11-16(27)12-10-15)23(28)24(29-14-26)22-19-7-3-1-5-17(19)18-6-2-4-8-20(18)22/h1-12,21-22,24,27H,13,25H2/t21-,24?/m0/s1. The van der Waals surface area contributed by atoms with E-state index >= 15 is 0 Å². The number of benzene rings is 3. The first-order valence-electron chi connectivity index (χ1n) is 9.38. The van der Waals surface area contributed by atoms with Crippen LogP contribution in [0.3, 0.4) is 0 Å². The number of rotatable bonds is 7. The van der Waals surface area contributed by atoms with Gasteiger partial charge in [0.15, 0.2) is 11.9 Å².